The lowest BCUT2D eigenvalue weighted by Crippen LogP contribution is -2.32. The maximum Gasteiger partial charge on any atom is 0.129 e. The van der Waals surface area contributed by atoms with Gasteiger partial charge in [0.25, 0.3) is 0 Å². The second kappa shape index (κ2) is 10.7. The van der Waals surface area contributed by atoms with Gasteiger partial charge in [0.15, 0.2) is 0 Å². The molecule has 0 saturated heterocycles. The third-order valence-electron chi connectivity index (χ3n) is 3.85. The van der Waals surface area contributed by atoms with Crippen molar-refractivity contribution in [2.24, 2.45) is 0 Å². The number of halogens is 2. The van der Waals surface area contributed by atoms with Gasteiger partial charge in [-0.15, -0.1) is 0 Å². The minimum atomic E-state index is -0.427. The molecule has 1 aromatic rings. The van der Waals surface area contributed by atoms with Gasteiger partial charge in [-0.25, -0.2) is 8.78 Å². The summed E-state index contributed by atoms with van der Waals surface area (Å²) < 4.78 is 27.5. The predicted octanol–water partition coefficient (Wildman–Crippen LogP) is 5.24. The fourth-order valence-electron chi connectivity index (χ4n) is 2.59. The number of unbranched alkanes of at least 4 members (excludes halogenated alkanes) is 4. The summed E-state index contributed by atoms with van der Waals surface area (Å²) in [5.74, 6) is -0.853. The first-order valence-electron chi connectivity index (χ1n) is 8.35. The van der Waals surface area contributed by atoms with Crippen molar-refractivity contribution in [3.8, 4) is 0 Å². The molecule has 1 N–H and O–H groups in total. The largest absolute Gasteiger partial charge is 0.314 e. The van der Waals surface area contributed by atoms with Crippen LogP contribution in [0.15, 0.2) is 18.2 Å². The van der Waals surface area contributed by atoms with Crippen molar-refractivity contribution in [1.82, 2.24) is 5.32 Å². The smallest absolute Gasteiger partial charge is 0.129 e. The van der Waals surface area contributed by atoms with Crippen LogP contribution < -0.4 is 5.32 Å². The molecule has 0 spiro atoms. The Hall–Kier alpha value is -0.960. The monoisotopic (exact) mass is 297 g/mol. The molecular weight excluding hydrogens is 268 g/mol. The standard InChI is InChI=1S/C18H29F2N/c1-3-5-6-7-8-10-15(21-13-4-2)14-16-17(19)11-9-12-18(16)20/h9,11-12,15,21H,3-8,10,13-14H2,1-2H3. The molecule has 0 aromatic heterocycles. The van der Waals surface area contributed by atoms with Crippen LogP contribution in [0.4, 0.5) is 8.78 Å². The number of nitrogens with one attached hydrogen (secondary N) is 1. The number of rotatable bonds is 11. The van der Waals surface area contributed by atoms with Gasteiger partial charge in [-0.05, 0) is 37.9 Å². The Balaban J connectivity index is 2.52. The van der Waals surface area contributed by atoms with Crippen LogP contribution in [0.2, 0.25) is 0 Å². The first-order valence-corrected chi connectivity index (χ1v) is 8.35. The molecule has 3 heteroatoms. The molecule has 120 valence electrons. The zero-order valence-electron chi connectivity index (χ0n) is 13.4. The van der Waals surface area contributed by atoms with E-state index in [2.05, 4.69) is 19.2 Å². The van der Waals surface area contributed by atoms with Crippen molar-refractivity contribution in [3.63, 3.8) is 0 Å². The quantitative estimate of drug-likeness (QED) is 0.551. The van der Waals surface area contributed by atoms with E-state index in [1.165, 1.54) is 43.9 Å². The van der Waals surface area contributed by atoms with Crippen LogP contribution in [0.25, 0.3) is 0 Å². The highest BCUT2D eigenvalue weighted by atomic mass is 19.1. The molecule has 1 unspecified atom stereocenters. The molecule has 21 heavy (non-hydrogen) atoms. The van der Waals surface area contributed by atoms with Gasteiger partial charge >= 0.3 is 0 Å². The van der Waals surface area contributed by atoms with Crippen molar-refractivity contribution in [1.29, 1.82) is 0 Å². The lowest BCUT2D eigenvalue weighted by Gasteiger charge is -2.19. The minimum Gasteiger partial charge on any atom is -0.314 e. The number of hydrogen-bond donors (Lipinski definition) is 1. The van der Waals surface area contributed by atoms with Gasteiger partial charge in [-0.1, -0.05) is 52.0 Å². The predicted molar refractivity (Wildman–Crippen MR) is 85.5 cm³/mol. The molecule has 0 fully saturated rings. The van der Waals surface area contributed by atoms with Crippen LogP contribution in [-0.2, 0) is 6.42 Å². The summed E-state index contributed by atoms with van der Waals surface area (Å²) in [6.45, 7) is 5.21. The summed E-state index contributed by atoms with van der Waals surface area (Å²) in [6.07, 6.45) is 8.54. The Morgan fingerprint density at radius 1 is 0.952 bits per heavy atom. The fraction of sp³-hybridized carbons (Fsp3) is 0.667. The van der Waals surface area contributed by atoms with Crippen LogP contribution >= 0.6 is 0 Å². The van der Waals surface area contributed by atoms with Gasteiger partial charge in [-0.3, -0.25) is 0 Å². The normalized spacial score (nSPS) is 12.6. The van der Waals surface area contributed by atoms with Crippen LogP contribution in [-0.4, -0.2) is 12.6 Å². The zero-order chi connectivity index (χ0) is 15.5. The lowest BCUT2D eigenvalue weighted by atomic mass is 9.99. The van der Waals surface area contributed by atoms with Crippen molar-refractivity contribution in [2.75, 3.05) is 6.54 Å². The molecule has 0 bridgehead atoms. The van der Waals surface area contributed by atoms with Gasteiger partial charge in [0, 0.05) is 11.6 Å². The van der Waals surface area contributed by atoms with E-state index in [4.69, 9.17) is 0 Å². The third-order valence-corrected chi connectivity index (χ3v) is 3.85. The minimum absolute atomic E-state index is 0.165. The molecule has 0 aliphatic rings. The van der Waals surface area contributed by atoms with Gasteiger partial charge < -0.3 is 5.32 Å². The molecule has 1 rings (SSSR count). The highest BCUT2D eigenvalue weighted by Gasteiger charge is 2.15. The van der Waals surface area contributed by atoms with E-state index < -0.39 is 11.6 Å². The van der Waals surface area contributed by atoms with Crippen molar-refractivity contribution < 1.29 is 8.78 Å². The average Bonchev–Trinajstić information content (AvgIpc) is 2.47. The Morgan fingerprint density at radius 3 is 2.24 bits per heavy atom. The van der Waals surface area contributed by atoms with Crippen molar-refractivity contribution in [2.45, 2.75) is 71.3 Å². The maximum absolute atomic E-state index is 13.8. The summed E-state index contributed by atoms with van der Waals surface area (Å²) in [4.78, 5) is 0. The number of benzene rings is 1. The van der Waals surface area contributed by atoms with Crippen molar-refractivity contribution in [3.05, 3.63) is 35.4 Å². The maximum atomic E-state index is 13.8. The first-order chi connectivity index (χ1) is 10.2. The third kappa shape index (κ3) is 7.03. The summed E-state index contributed by atoms with van der Waals surface area (Å²) in [6, 6.07) is 4.28. The van der Waals surface area contributed by atoms with Crippen molar-refractivity contribution >= 4 is 0 Å². The highest BCUT2D eigenvalue weighted by molar-refractivity contribution is 5.20. The molecule has 1 aromatic carbocycles. The van der Waals surface area contributed by atoms with Gasteiger partial charge in [0.2, 0.25) is 0 Å². The van der Waals surface area contributed by atoms with E-state index in [-0.39, 0.29) is 11.6 Å². The first kappa shape index (κ1) is 18.1. The Bertz CT molecular complexity index is 373. The van der Waals surface area contributed by atoms with Gasteiger partial charge in [0.1, 0.15) is 11.6 Å². The highest BCUT2D eigenvalue weighted by Crippen LogP contribution is 2.17. The van der Waals surface area contributed by atoms with Crippen LogP contribution in [0.1, 0.15) is 64.4 Å². The summed E-state index contributed by atoms with van der Waals surface area (Å²) in [5.41, 5.74) is 0.222. The summed E-state index contributed by atoms with van der Waals surface area (Å²) >= 11 is 0. The van der Waals surface area contributed by atoms with Gasteiger partial charge in [0.05, 0.1) is 0 Å². The molecule has 0 amide bonds. The molecule has 0 aliphatic heterocycles. The van der Waals surface area contributed by atoms with E-state index in [0.717, 1.165) is 25.8 Å². The molecule has 0 heterocycles. The SMILES string of the molecule is CCCCCCCC(Cc1c(F)cccc1F)NCCC. The van der Waals surface area contributed by atoms with Gasteiger partial charge in [-0.2, -0.15) is 0 Å². The molecule has 0 aliphatic carbocycles. The molecule has 0 radical (unpaired) electrons. The molecule has 0 saturated carbocycles. The Labute approximate surface area is 128 Å². The topological polar surface area (TPSA) is 12.0 Å². The second-order valence-electron chi connectivity index (χ2n) is 5.76. The Kier molecular flexibility index (Phi) is 9.24. The van der Waals surface area contributed by atoms with Crippen LogP contribution in [0.5, 0.6) is 0 Å². The van der Waals surface area contributed by atoms with E-state index in [1.54, 1.807) is 0 Å². The molecule has 1 atom stereocenters. The van der Waals surface area contributed by atoms with E-state index in [9.17, 15) is 8.78 Å². The average molecular weight is 297 g/mol. The van der Waals surface area contributed by atoms with E-state index >= 15 is 0 Å². The second-order valence-corrected chi connectivity index (χ2v) is 5.76. The zero-order valence-corrected chi connectivity index (χ0v) is 13.4. The fourth-order valence-corrected chi connectivity index (χ4v) is 2.59. The molecule has 1 nitrogen and oxygen atoms in total. The Morgan fingerprint density at radius 2 is 1.62 bits per heavy atom. The van der Waals surface area contributed by atoms with E-state index in [0.29, 0.717) is 6.42 Å². The summed E-state index contributed by atoms with van der Waals surface area (Å²) in [7, 11) is 0. The van der Waals surface area contributed by atoms with E-state index in [1.807, 2.05) is 0 Å². The van der Waals surface area contributed by atoms with Crippen LogP contribution in [0, 0.1) is 11.6 Å². The lowest BCUT2D eigenvalue weighted by molar-refractivity contribution is 0.435. The number of hydrogen-bond acceptors (Lipinski definition) is 1. The summed E-state index contributed by atoms with van der Waals surface area (Å²) in [5, 5.41) is 3.43. The molecular formula is C18H29F2N. The van der Waals surface area contributed by atoms with Crippen LogP contribution in [0.3, 0.4) is 0 Å².